The number of rotatable bonds is 5. The molecule has 1 amide bonds. The van der Waals surface area contributed by atoms with Crippen LogP contribution in [0.1, 0.15) is 24.1 Å². The van der Waals surface area contributed by atoms with E-state index >= 15 is 0 Å². The molecule has 1 heterocycles. The minimum Gasteiger partial charge on any atom is -0.369 e. The highest BCUT2D eigenvalue weighted by molar-refractivity contribution is 5.77. The van der Waals surface area contributed by atoms with Gasteiger partial charge in [0.15, 0.2) is 0 Å². The molecule has 120 valence electrons. The lowest BCUT2D eigenvalue weighted by molar-refractivity contribution is -0.122. The van der Waals surface area contributed by atoms with E-state index in [1.807, 2.05) is 54.2 Å². The number of primary amides is 1. The summed E-state index contributed by atoms with van der Waals surface area (Å²) in [7, 11) is 0. The first kappa shape index (κ1) is 15.5. The van der Waals surface area contributed by atoms with Crippen LogP contribution in [0.3, 0.4) is 0 Å². The molecular formula is C18H22N4O. The summed E-state index contributed by atoms with van der Waals surface area (Å²) in [5.41, 5.74) is 8.67. The van der Waals surface area contributed by atoms with Gasteiger partial charge in [0.25, 0.3) is 0 Å². The van der Waals surface area contributed by atoms with Gasteiger partial charge in [-0.15, -0.1) is 0 Å². The van der Waals surface area contributed by atoms with Crippen LogP contribution >= 0.6 is 0 Å². The zero-order chi connectivity index (χ0) is 16.2. The number of aromatic nitrogens is 2. The van der Waals surface area contributed by atoms with Crippen molar-refractivity contribution in [1.82, 2.24) is 15.1 Å². The summed E-state index contributed by atoms with van der Waals surface area (Å²) < 4.78 is 1.89. The number of para-hydroxylation sites is 1. The Morgan fingerprint density at radius 3 is 2.78 bits per heavy atom. The molecule has 5 heteroatoms. The molecule has 1 aromatic heterocycles. The quantitative estimate of drug-likeness (QED) is 0.831. The number of hydrogen-bond acceptors (Lipinski definition) is 3. The van der Waals surface area contributed by atoms with Crippen molar-refractivity contribution in [2.24, 2.45) is 11.7 Å². The Morgan fingerprint density at radius 2 is 2.04 bits per heavy atom. The number of nitrogens with two attached hydrogens (primary N) is 1. The van der Waals surface area contributed by atoms with Gasteiger partial charge in [-0.25, -0.2) is 4.68 Å². The molecule has 0 saturated heterocycles. The molecule has 0 aliphatic heterocycles. The molecule has 0 saturated carbocycles. The highest BCUT2D eigenvalue weighted by atomic mass is 16.1. The maximum atomic E-state index is 11.6. The number of carbonyl (C=O) groups is 1. The third-order valence-corrected chi connectivity index (χ3v) is 4.37. The Labute approximate surface area is 136 Å². The number of allylic oxidation sites excluding steroid dienone is 1. The fourth-order valence-corrected chi connectivity index (χ4v) is 2.98. The second-order valence-electron chi connectivity index (χ2n) is 5.96. The molecule has 2 aromatic rings. The van der Waals surface area contributed by atoms with Crippen molar-refractivity contribution in [3.05, 3.63) is 59.9 Å². The normalized spacial score (nSPS) is 20.6. The lowest BCUT2D eigenvalue weighted by Gasteiger charge is -2.27. The zero-order valence-corrected chi connectivity index (χ0v) is 13.3. The molecule has 1 aliphatic rings. The maximum Gasteiger partial charge on any atom is 0.222 e. The van der Waals surface area contributed by atoms with Crippen molar-refractivity contribution in [3.8, 4) is 5.69 Å². The number of benzene rings is 1. The average Bonchev–Trinajstić information content (AvgIpc) is 2.95. The molecule has 1 aromatic carbocycles. The molecule has 0 unspecified atom stereocenters. The van der Waals surface area contributed by atoms with Crippen LogP contribution in [0.15, 0.2) is 48.7 Å². The number of amides is 1. The summed E-state index contributed by atoms with van der Waals surface area (Å²) in [6.45, 7) is 2.68. The van der Waals surface area contributed by atoms with Crippen LogP contribution in [-0.4, -0.2) is 21.7 Å². The Morgan fingerprint density at radius 1 is 1.30 bits per heavy atom. The zero-order valence-electron chi connectivity index (χ0n) is 13.3. The van der Waals surface area contributed by atoms with E-state index in [4.69, 9.17) is 5.73 Å². The van der Waals surface area contributed by atoms with E-state index in [9.17, 15) is 4.79 Å². The average molecular weight is 310 g/mol. The Hall–Kier alpha value is -2.40. The predicted octanol–water partition coefficient (Wildman–Crippen LogP) is 2.09. The summed E-state index contributed by atoms with van der Waals surface area (Å²) >= 11 is 0. The Kier molecular flexibility index (Phi) is 4.57. The van der Waals surface area contributed by atoms with E-state index in [-0.39, 0.29) is 17.9 Å². The first-order valence-corrected chi connectivity index (χ1v) is 7.93. The largest absolute Gasteiger partial charge is 0.369 e. The van der Waals surface area contributed by atoms with Gasteiger partial charge < -0.3 is 11.1 Å². The number of nitrogens with zero attached hydrogens (tertiary/aromatic N) is 2. The third-order valence-electron chi connectivity index (χ3n) is 4.37. The van der Waals surface area contributed by atoms with Crippen LogP contribution in [0.25, 0.3) is 5.69 Å². The standard InChI is InChI=1S/C18H22N4O/c1-13-14(12-22(21-13)15-7-3-2-4-8-15)11-20-17-10-6-5-9-16(17)18(19)23/h2-8,12,16-17,20H,9-11H2,1H3,(H2,19,23)/t16-,17-/m1/s1. The number of carbonyl (C=O) groups excluding carboxylic acids is 1. The highest BCUT2D eigenvalue weighted by Crippen LogP contribution is 2.20. The van der Waals surface area contributed by atoms with Crippen LogP contribution in [0, 0.1) is 12.8 Å². The summed E-state index contributed by atoms with van der Waals surface area (Å²) in [6.07, 6.45) is 7.73. The molecule has 2 atom stereocenters. The molecule has 3 rings (SSSR count). The van der Waals surface area contributed by atoms with Crippen molar-refractivity contribution >= 4 is 5.91 Å². The van der Waals surface area contributed by atoms with Gasteiger partial charge in [-0.3, -0.25) is 4.79 Å². The van der Waals surface area contributed by atoms with E-state index in [0.717, 1.165) is 29.8 Å². The molecule has 5 nitrogen and oxygen atoms in total. The first-order chi connectivity index (χ1) is 11.1. The summed E-state index contributed by atoms with van der Waals surface area (Å²) in [4.78, 5) is 11.6. The number of aryl methyl sites for hydroxylation is 1. The minimum absolute atomic E-state index is 0.0944. The fourth-order valence-electron chi connectivity index (χ4n) is 2.98. The number of hydrogen-bond donors (Lipinski definition) is 2. The van der Waals surface area contributed by atoms with Crippen molar-refractivity contribution in [3.63, 3.8) is 0 Å². The Bertz CT molecular complexity index is 705. The fraction of sp³-hybridized carbons (Fsp3) is 0.333. The predicted molar refractivity (Wildman–Crippen MR) is 90.0 cm³/mol. The number of nitrogens with one attached hydrogen (secondary N) is 1. The van der Waals surface area contributed by atoms with E-state index in [1.54, 1.807) is 0 Å². The summed E-state index contributed by atoms with van der Waals surface area (Å²) in [5.74, 6) is -0.368. The third kappa shape index (κ3) is 3.51. The molecular weight excluding hydrogens is 288 g/mol. The van der Waals surface area contributed by atoms with Crippen molar-refractivity contribution < 1.29 is 4.79 Å². The van der Waals surface area contributed by atoms with Crippen LogP contribution in [0.2, 0.25) is 0 Å². The lowest BCUT2D eigenvalue weighted by atomic mass is 9.88. The minimum atomic E-state index is -0.233. The smallest absolute Gasteiger partial charge is 0.222 e. The second-order valence-corrected chi connectivity index (χ2v) is 5.96. The van der Waals surface area contributed by atoms with E-state index in [2.05, 4.69) is 16.5 Å². The highest BCUT2D eigenvalue weighted by Gasteiger charge is 2.26. The van der Waals surface area contributed by atoms with Gasteiger partial charge in [-0.05, 0) is 31.9 Å². The molecule has 0 spiro atoms. The van der Waals surface area contributed by atoms with Gasteiger partial charge in [-0.1, -0.05) is 30.4 Å². The van der Waals surface area contributed by atoms with Crippen LogP contribution in [-0.2, 0) is 11.3 Å². The van der Waals surface area contributed by atoms with Crippen LogP contribution < -0.4 is 11.1 Å². The first-order valence-electron chi connectivity index (χ1n) is 7.93. The lowest BCUT2D eigenvalue weighted by Crippen LogP contribution is -2.43. The topological polar surface area (TPSA) is 72.9 Å². The van der Waals surface area contributed by atoms with Gasteiger partial charge in [0.1, 0.15) is 0 Å². The van der Waals surface area contributed by atoms with Crippen molar-refractivity contribution in [2.75, 3.05) is 0 Å². The monoisotopic (exact) mass is 310 g/mol. The summed E-state index contributed by atoms with van der Waals surface area (Å²) in [5, 5.41) is 8.04. The van der Waals surface area contributed by atoms with Gasteiger partial charge in [-0.2, -0.15) is 5.10 Å². The molecule has 0 bridgehead atoms. The SMILES string of the molecule is Cc1nn(-c2ccccc2)cc1CN[C@@H]1CC=CC[C@H]1C(N)=O. The Balaban J connectivity index is 1.70. The molecule has 1 aliphatic carbocycles. The van der Waals surface area contributed by atoms with Gasteiger partial charge in [0.2, 0.25) is 5.91 Å². The van der Waals surface area contributed by atoms with E-state index in [0.29, 0.717) is 6.54 Å². The maximum absolute atomic E-state index is 11.6. The van der Waals surface area contributed by atoms with Gasteiger partial charge in [0, 0.05) is 24.3 Å². The molecule has 23 heavy (non-hydrogen) atoms. The van der Waals surface area contributed by atoms with Crippen LogP contribution in [0.5, 0.6) is 0 Å². The molecule has 3 N–H and O–H groups in total. The summed E-state index contributed by atoms with van der Waals surface area (Å²) in [6, 6.07) is 10.1. The second kappa shape index (κ2) is 6.79. The van der Waals surface area contributed by atoms with E-state index in [1.165, 1.54) is 0 Å². The van der Waals surface area contributed by atoms with E-state index < -0.39 is 0 Å². The van der Waals surface area contributed by atoms with Crippen molar-refractivity contribution in [1.29, 1.82) is 0 Å². The van der Waals surface area contributed by atoms with Crippen LogP contribution in [0.4, 0.5) is 0 Å². The molecule has 0 fully saturated rings. The van der Waals surface area contributed by atoms with Gasteiger partial charge in [0.05, 0.1) is 17.3 Å². The van der Waals surface area contributed by atoms with Crippen molar-refractivity contribution in [2.45, 2.75) is 32.4 Å². The van der Waals surface area contributed by atoms with Gasteiger partial charge >= 0.3 is 0 Å². The molecule has 0 radical (unpaired) electrons.